The zero-order valence-corrected chi connectivity index (χ0v) is 16.0. The van der Waals surface area contributed by atoms with Gasteiger partial charge in [0.25, 0.3) is 0 Å². The maximum atomic E-state index is 12.7. The first-order valence-electron chi connectivity index (χ1n) is 8.92. The number of hydrogen-bond acceptors (Lipinski definition) is 5. The molecular formula is C19H27N3O5. The molecule has 4 N–H and O–H groups in total. The maximum absolute atomic E-state index is 12.7. The number of benzene rings is 1. The van der Waals surface area contributed by atoms with E-state index in [1.165, 1.54) is 7.05 Å². The molecule has 8 nitrogen and oxygen atoms in total. The van der Waals surface area contributed by atoms with Gasteiger partial charge in [0.1, 0.15) is 11.8 Å². The van der Waals surface area contributed by atoms with E-state index in [0.29, 0.717) is 12.2 Å². The fourth-order valence-electron chi connectivity index (χ4n) is 3.56. The number of nitrogens with one attached hydrogen (secondary N) is 3. The third-order valence-corrected chi connectivity index (χ3v) is 5.04. The van der Waals surface area contributed by atoms with Gasteiger partial charge < -0.3 is 15.4 Å². The number of ether oxygens (including phenoxy) is 1. The van der Waals surface area contributed by atoms with E-state index in [0.717, 1.165) is 5.56 Å². The molecule has 0 aromatic heterocycles. The smallest absolute Gasteiger partial charge is 0.247 e. The Hall–Kier alpha value is -2.61. The minimum Gasteiger partial charge on any atom is -0.497 e. The number of carbonyl (C=O) groups is 3. The van der Waals surface area contributed by atoms with Gasteiger partial charge in [0.05, 0.1) is 18.9 Å². The van der Waals surface area contributed by atoms with E-state index in [2.05, 4.69) is 10.6 Å². The summed E-state index contributed by atoms with van der Waals surface area (Å²) in [6.07, 6.45) is 0.311. The van der Waals surface area contributed by atoms with E-state index < -0.39 is 23.8 Å². The Morgan fingerprint density at radius 1 is 1.11 bits per heavy atom. The molecule has 1 aliphatic rings. The quantitative estimate of drug-likeness (QED) is 0.389. The first-order valence-corrected chi connectivity index (χ1v) is 8.92. The number of carbonyl (C=O) groups excluding carboxylic acids is 3. The fourth-order valence-corrected chi connectivity index (χ4v) is 3.56. The van der Waals surface area contributed by atoms with Gasteiger partial charge in [-0.05, 0) is 29.5 Å². The molecule has 2 rings (SSSR count). The van der Waals surface area contributed by atoms with Crippen LogP contribution in [0.1, 0.15) is 19.4 Å². The Balaban J connectivity index is 2.09. The van der Waals surface area contributed by atoms with Gasteiger partial charge >= 0.3 is 0 Å². The molecule has 1 aromatic rings. The first kappa shape index (κ1) is 20.7. The van der Waals surface area contributed by atoms with Crippen LogP contribution < -0.4 is 20.9 Å². The monoisotopic (exact) mass is 377 g/mol. The molecule has 8 heteroatoms. The molecule has 1 unspecified atom stereocenters. The van der Waals surface area contributed by atoms with Gasteiger partial charge in [-0.1, -0.05) is 26.0 Å². The topological polar surface area (TPSA) is 117 Å². The van der Waals surface area contributed by atoms with Crippen LogP contribution in [0.3, 0.4) is 0 Å². The van der Waals surface area contributed by atoms with Crippen molar-refractivity contribution in [3.8, 4) is 5.75 Å². The van der Waals surface area contributed by atoms with Crippen LogP contribution in [0, 0.1) is 23.7 Å². The summed E-state index contributed by atoms with van der Waals surface area (Å²) in [5, 5.41) is 14.2. The number of methoxy groups -OCH3 is 1. The predicted molar refractivity (Wildman–Crippen MR) is 97.9 cm³/mol. The summed E-state index contributed by atoms with van der Waals surface area (Å²) in [5.74, 6) is -1.74. The summed E-state index contributed by atoms with van der Waals surface area (Å²) in [5.41, 5.74) is 2.49. The highest BCUT2D eigenvalue weighted by Crippen LogP contribution is 2.51. The zero-order chi connectivity index (χ0) is 20.1. The summed E-state index contributed by atoms with van der Waals surface area (Å²) in [7, 11) is 3.08. The number of amides is 3. The number of likely N-dealkylation sites (N-methyl/N-ethyl adjacent to an activating group) is 1. The second-order valence-electron chi connectivity index (χ2n) is 7.08. The second-order valence-corrected chi connectivity index (χ2v) is 7.08. The molecule has 1 fully saturated rings. The van der Waals surface area contributed by atoms with Crippen LogP contribution >= 0.6 is 0 Å². The summed E-state index contributed by atoms with van der Waals surface area (Å²) in [6.45, 7) is 3.84. The molecule has 0 aliphatic heterocycles. The van der Waals surface area contributed by atoms with Crippen LogP contribution in [0.4, 0.5) is 0 Å². The van der Waals surface area contributed by atoms with E-state index in [4.69, 9.17) is 9.94 Å². The lowest BCUT2D eigenvalue weighted by molar-refractivity contribution is -0.133. The van der Waals surface area contributed by atoms with Crippen LogP contribution in [-0.4, -0.2) is 43.1 Å². The van der Waals surface area contributed by atoms with E-state index in [1.54, 1.807) is 24.7 Å². The highest BCUT2D eigenvalue weighted by atomic mass is 16.5. The molecule has 1 aliphatic carbocycles. The van der Waals surface area contributed by atoms with Crippen LogP contribution in [0.15, 0.2) is 24.3 Å². The SMILES string of the molecule is CNC(=O)[C@H](Cc1ccc(OC)cc1)NC(=O)[C@@H]1C(C(C)C)[C@H]1C(=O)NO. The Bertz CT molecular complexity index is 689. The van der Waals surface area contributed by atoms with Gasteiger partial charge in [-0.2, -0.15) is 0 Å². The molecular weight excluding hydrogens is 350 g/mol. The maximum Gasteiger partial charge on any atom is 0.247 e. The van der Waals surface area contributed by atoms with Gasteiger partial charge in [0.15, 0.2) is 0 Å². The van der Waals surface area contributed by atoms with Gasteiger partial charge in [-0.15, -0.1) is 0 Å². The highest BCUT2D eigenvalue weighted by Gasteiger charge is 2.60. The Morgan fingerprint density at radius 2 is 1.70 bits per heavy atom. The first-order chi connectivity index (χ1) is 12.8. The Kier molecular flexibility index (Phi) is 6.79. The minimum atomic E-state index is -0.762. The molecule has 1 saturated carbocycles. The molecule has 0 heterocycles. The molecule has 0 saturated heterocycles. The van der Waals surface area contributed by atoms with Crippen molar-refractivity contribution in [1.29, 1.82) is 0 Å². The van der Waals surface area contributed by atoms with Crippen molar-refractivity contribution in [2.24, 2.45) is 23.7 Å². The average Bonchev–Trinajstić information content (AvgIpc) is 3.43. The van der Waals surface area contributed by atoms with Crippen LogP contribution in [0.2, 0.25) is 0 Å². The normalized spacial score (nSPS) is 21.9. The van der Waals surface area contributed by atoms with Gasteiger partial charge in [0, 0.05) is 13.5 Å². The lowest BCUT2D eigenvalue weighted by atomic mass is 10.0. The van der Waals surface area contributed by atoms with Gasteiger partial charge in [0.2, 0.25) is 17.7 Å². The molecule has 1 aromatic carbocycles. The number of hydrogen-bond donors (Lipinski definition) is 4. The number of rotatable bonds is 8. The third-order valence-electron chi connectivity index (χ3n) is 5.04. The van der Waals surface area contributed by atoms with E-state index in [9.17, 15) is 14.4 Å². The summed E-state index contributed by atoms with van der Waals surface area (Å²) in [6, 6.07) is 6.47. The molecule has 4 atom stereocenters. The molecule has 0 spiro atoms. The predicted octanol–water partition coefficient (Wildman–Crippen LogP) is 0.492. The van der Waals surface area contributed by atoms with Crippen LogP contribution in [0.25, 0.3) is 0 Å². The Labute approximate surface area is 158 Å². The van der Waals surface area contributed by atoms with Crippen molar-refractivity contribution in [3.05, 3.63) is 29.8 Å². The van der Waals surface area contributed by atoms with Gasteiger partial charge in [-0.3, -0.25) is 19.6 Å². The molecule has 0 radical (unpaired) electrons. The second kappa shape index (κ2) is 8.85. The zero-order valence-electron chi connectivity index (χ0n) is 16.0. The van der Waals surface area contributed by atoms with Gasteiger partial charge in [-0.25, -0.2) is 5.48 Å². The van der Waals surface area contributed by atoms with Crippen molar-refractivity contribution >= 4 is 17.7 Å². The van der Waals surface area contributed by atoms with Crippen molar-refractivity contribution < 1.29 is 24.3 Å². The lowest BCUT2D eigenvalue weighted by Crippen LogP contribution is -2.48. The molecule has 0 bridgehead atoms. The largest absolute Gasteiger partial charge is 0.497 e. The fraction of sp³-hybridized carbons (Fsp3) is 0.526. The lowest BCUT2D eigenvalue weighted by Gasteiger charge is -2.18. The Morgan fingerprint density at radius 3 is 2.19 bits per heavy atom. The molecule has 3 amide bonds. The molecule has 27 heavy (non-hydrogen) atoms. The minimum absolute atomic E-state index is 0.100. The van der Waals surface area contributed by atoms with E-state index >= 15 is 0 Å². The van der Waals surface area contributed by atoms with Crippen LogP contribution in [0.5, 0.6) is 5.75 Å². The summed E-state index contributed by atoms with van der Waals surface area (Å²) in [4.78, 5) is 36.7. The van der Waals surface area contributed by atoms with Crippen molar-refractivity contribution in [1.82, 2.24) is 16.1 Å². The van der Waals surface area contributed by atoms with E-state index in [-0.39, 0.29) is 23.7 Å². The van der Waals surface area contributed by atoms with Crippen molar-refractivity contribution in [2.75, 3.05) is 14.2 Å². The van der Waals surface area contributed by atoms with E-state index in [1.807, 2.05) is 26.0 Å². The van der Waals surface area contributed by atoms with Crippen molar-refractivity contribution in [2.45, 2.75) is 26.3 Å². The molecule has 148 valence electrons. The summed E-state index contributed by atoms with van der Waals surface area (Å²) < 4.78 is 5.12. The van der Waals surface area contributed by atoms with Crippen LogP contribution in [-0.2, 0) is 20.8 Å². The standard InChI is InChI=1S/C19H27N3O5/c1-10(2)14-15(16(14)19(25)22-26)18(24)21-13(17(23)20-3)9-11-5-7-12(27-4)8-6-11/h5-8,10,13-16,26H,9H2,1-4H3,(H,20,23)(H,21,24)(H,22,25)/t13-,14?,15+,16+/m0/s1. The van der Waals surface area contributed by atoms with Crippen molar-refractivity contribution in [3.63, 3.8) is 0 Å². The highest BCUT2D eigenvalue weighted by molar-refractivity contribution is 5.95. The average molecular weight is 377 g/mol. The summed E-state index contributed by atoms with van der Waals surface area (Å²) >= 11 is 0. The third kappa shape index (κ3) is 4.77. The number of hydroxylamine groups is 1.